The first-order valence-corrected chi connectivity index (χ1v) is 8.57. The molecule has 0 saturated carbocycles. The number of carboxylic acids is 1. The van der Waals surface area contributed by atoms with E-state index in [1.807, 2.05) is 19.1 Å². The molecule has 0 fully saturated rings. The highest BCUT2D eigenvalue weighted by molar-refractivity contribution is 5.91. The standard InChI is InChI=1S/C22H28O2/c1-7-14(2)19(20-15(3)9-8-12-22(20,5)6)18-11-10-17(21(23)24)13-16(18)4/h7,10-11,13H,1,8-9,12H2,2-6H3,(H,23,24)/b19-14+. The van der Waals surface area contributed by atoms with Gasteiger partial charge in [0.15, 0.2) is 0 Å². The highest BCUT2D eigenvalue weighted by atomic mass is 16.4. The van der Waals surface area contributed by atoms with Crippen LogP contribution in [0.5, 0.6) is 0 Å². The molecule has 0 unspecified atom stereocenters. The molecule has 0 atom stereocenters. The number of carboxylic acid groups (broad SMARTS) is 1. The minimum Gasteiger partial charge on any atom is -0.478 e. The average Bonchev–Trinajstić information content (AvgIpc) is 2.50. The number of hydrogen-bond donors (Lipinski definition) is 1. The van der Waals surface area contributed by atoms with E-state index in [0.29, 0.717) is 5.56 Å². The summed E-state index contributed by atoms with van der Waals surface area (Å²) < 4.78 is 0. The maximum Gasteiger partial charge on any atom is 0.335 e. The van der Waals surface area contributed by atoms with Gasteiger partial charge in [-0.25, -0.2) is 4.79 Å². The van der Waals surface area contributed by atoms with Crippen LogP contribution in [-0.4, -0.2) is 11.1 Å². The summed E-state index contributed by atoms with van der Waals surface area (Å²) in [4.78, 5) is 11.2. The Bertz CT molecular complexity index is 745. The van der Waals surface area contributed by atoms with Gasteiger partial charge in [-0.1, -0.05) is 38.1 Å². The first kappa shape index (κ1) is 18.3. The van der Waals surface area contributed by atoms with Gasteiger partial charge in [-0.15, -0.1) is 0 Å². The van der Waals surface area contributed by atoms with Gasteiger partial charge in [-0.05, 0) is 85.4 Å². The summed E-state index contributed by atoms with van der Waals surface area (Å²) in [6.07, 6.45) is 5.42. The molecule has 1 aromatic rings. The molecule has 0 spiro atoms. The van der Waals surface area contributed by atoms with E-state index >= 15 is 0 Å². The third-order valence-electron chi connectivity index (χ3n) is 5.15. The van der Waals surface area contributed by atoms with E-state index in [-0.39, 0.29) is 5.41 Å². The molecule has 0 radical (unpaired) electrons. The van der Waals surface area contributed by atoms with Gasteiger partial charge in [-0.2, -0.15) is 0 Å². The van der Waals surface area contributed by atoms with Gasteiger partial charge in [0.25, 0.3) is 0 Å². The topological polar surface area (TPSA) is 37.3 Å². The maximum absolute atomic E-state index is 11.2. The Balaban J connectivity index is 2.73. The smallest absolute Gasteiger partial charge is 0.335 e. The minimum absolute atomic E-state index is 0.111. The van der Waals surface area contributed by atoms with Crippen molar-refractivity contribution in [3.05, 3.63) is 64.3 Å². The molecule has 2 nitrogen and oxygen atoms in total. The molecule has 1 aliphatic carbocycles. The number of aromatic carboxylic acids is 1. The quantitative estimate of drug-likeness (QED) is 0.671. The van der Waals surface area contributed by atoms with Crippen molar-refractivity contribution in [3.8, 4) is 0 Å². The Morgan fingerprint density at radius 2 is 1.96 bits per heavy atom. The van der Waals surface area contributed by atoms with Crippen LogP contribution in [0.3, 0.4) is 0 Å². The van der Waals surface area contributed by atoms with Crippen molar-refractivity contribution in [3.63, 3.8) is 0 Å². The molecule has 0 amide bonds. The lowest BCUT2D eigenvalue weighted by Crippen LogP contribution is -2.22. The van der Waals surface area contributed by atoms with Crippen molar-refractivity contribution in [2.24, 2.45) is 5.41 Å². The SMILES string of the molecule is C=C/C(C)=C(/C1=C(C)CCCC1(C)C)c1ccc(C(=O)O)cc1C. The summed E-state index contributed by atoms with van der Waals surface area (Å²) in [6.45, 7) is 14.9. The molecule has 128 valence electrons. The molecule has 2 rings (SSSR count). The van der Waals surface area contributed by atoms with Crippen LogP contribution in [0.15, 0.2) is 47.6 Å². The van der Waals surface area contributed by atoms with Gasteiger partial charge < -0.3 is 5.11 Å². The van der Waals surface area contributed by atoms with Crippen LogP contribution in [0.2, 0.25) is 0 Å². The highest BCUT2D eigenvalue weighted by Crippen LogP contribution is 2.48. The second kappa shape index (κ2) is 6.80. The summed E-state index contributed by atoms with van der Waals surface area (Å²) >= 11 is 0. The van der Waals surface area contributed by atoms with Gasteiger partial charge in [0.05, 0.1) is 5.56 Å². The zero-order valence-electron chi connectivity index (χ0n) is 15.5. The van der Waals surface area contributed by atoms with Gasteiger partial charge in [-0.3, -0.25) is 0 Å². The van der Waals surface area contributed by atoms with Crippen LogP contribution in [0.4, 0.5) is 0 Å². The summed E-state index contributed by atoms with van der Waals surface area (Å²) in [5.74, 6) is -0.885. The van der Waals surface area contributed by atoms with E-state index in [4.69, 9.17) is 0 Å². The van der Waals surface area contributed by atoms with Gasteiger partial charge in [0.2, 0.25) is 0 Å². The number of benzene rings is 1. The minimum atomic E-state index is -0.885. The van der Waals surface area contributed by atoms with Crippen LogP contribution in [-0.2, 0) is 0 Å². The molecule has 1 aliphatic rings. The Labute approximate surface area is 145 Å². The normalized spacial score (nSPS) is 18.2. The van der Waals surface area contributed by atoms with Gasteiger partial charge in [0.1, 0.15) is 0 Å². The highest BCUT2D eigenvalue weighted by Gasteiger charge is 2.32. The summed E-state index contributed by atoms with van der Waals surface area (Å²) in [6, 6.07) is 5.42. The number of aryl methyl sites for hydroxylation is 1. The van der Waals surface area contributed by atoms with Crippen molar-refractivity contribution >= 4 is 11.5 Å². The van der Waals surface area contributed by atoms with E-state index in [9.17, 15) is 9.90 Å². The largest absolute Gasteiger partial charge is 0.478 e. The number of hydrogen-bond acceptors (Lipinski definition) is 1. The monoisotopic (exact) mass is 324 g/mol. The zero-order chi connectivity index (χ0) is 18.1. The Morgan fingerprint density at radius 3 is 2.46 bits per heavy atom. The van der Waals surface area contributed by atoms with E-state index in [1.165, 1.54) is 29.6 Å². The Kier molecular flexibility index (Phi) is 5.17. The van der Waals surface area contributed by atoms with Crippen LogP contribution in [0.1, 0.15) is 68.4 Å². The lowest BCUT2D eigenvalue weighted by Gasteiger charge is -2.37. The first-order valence-electron chi connectivity index (χ1n) is 8.57. The third kappa shape index (κ3) is 3.38. The van der Waals surface area contributed by atoms with E-state index in [1.54, 1.807) is 12.1 Å². The fourth-order valence-corrected chi connectivity index (χ4v) is 3.90. The van der Waals surface area contributed by atoms with Crippen LogP contribution in [0, 0.1) is 12.3 Å². The fourth-order valence-electron chi connectivity index (χ4n) is 3.90. The summed E-state index contributed by atoms with van der Waals surface area (Å²) in [5.41, 5.74) is 7.75. The van der Waals surface area contributed by atoms with Crippen molar-refractivity contribution < 1.29 is 9.90 Å². The van der Waals surface area contributed by atoms with Crippen LogP contribution in [0.25, 0.3) is 5.57 Å². The molecule has 0 saturated heterocycles. The molecule has 1 aromatic carbocycles. The van der Waals surface area contributed by atoms with Crippen LogP contribution >= 0.6 is 0 Å². The van der Waals surface area contributed by atoms with Crippen LogP contribution < -0.4 is 0 Å². The predicted molar refractivity (Wildman–Crippen MR) is 101 cm³/mol. The van der Waals surface area contributed by atoms with Crippen molar-refractivity contribution in [2.75, 3.05) is 0 Å². The Morgan fingerprint density at radius 1 is 1.29 bits per heavy atom. The molecule has 0 bridgehead atoms. The molecule has 1 N–H and O–H groups in total. The molecule has 0 aromatic heterocycles. The second-order valence-electron chi connectivity index (χ2n) is 7.49. The summed E-state index contributed by atoms with van der Waals surface area (Å²) in [7, 11) is 0. The van der Waals surface area contributed by atoms with E-state index < -0.39 is 5.97 Å². The lowest BCUT2D eigenvalue weighted by molar-refractivity contribution is 0.0697. The number of carbonyl (C=O) groups is 1. The molecule has 2 heteroatoms. The molecule has 0 heterocycles. The number of allylic oxidation sites excluding steroid dienone is 5. The van der Waals surface area contributed by atoms with Crippen molar-refractivity contribution in [2.45, 2.75) is 53.9 Å². The van der Waals surface area contributed by atoms with E-state index in [2.05, 4.69) is 34.3 Å². The average molecular weight is 324 g/mol. The zero-order valence-corrected chi connectivity index (χ0v) is 15.5. The second-order valence-corrected chi connectivity index (χ2v) is 7.49. The van der Waals surface area contributed by atoms with E-state index in [0.717, 1.165) is 23.1 Å². The first-order chi connectivity index (χ1) is 11.2. The third-order valence-corrected chi connectivity index (χ3v) is 5.15. The van der Waals surface area contributed by atoms with Crippen molar-refractivity contribution in [1.82, 2.24) is 0 Å². The van der Waals surface area contributed by atoms with Gasteiger partial charge >= 0.3 is 5.97 Å². The fraction of sp³-hybridized carbons (Fsp3) is 0.409. The van der Waals surface area contributed by atoms with Gasteiger partial charge in [0, 0.05) is 0 Å². The molecule has 24 heavy (non-hydrogen) atoms. The maximum atomic E-state index is 11.2. The molecule has 0 aliphatic heterocycles. The lowest BCUT2D eigenvalue weighted by atomic mass is 9.67. The summed E-state index contributed by atoms with van der Waals surface area (Å²) in [5, 5.41) is 9.23. The van der Waals surface area contributed by atoms with Crippen molar-refractivity contribution in [1.29, 1.82) is 0 Å². The Hall–Kier alpha value is -2.09. The predicted octanol–water partition coefficient (Wildman–Crippen LogP) is 6.18. The number of rotatable bonds is 4. The molecular weight excluding hydrogens is 296 g/mol. The molecular formula is C22H28O2.